The minimum Gasteiger partial charge on any atom is -0.362 e. The fraction of sp³-hybridized carbons (Fsp3) is 0.435. The van der Waals surface area contributed by atoms with E-state index >= 15 is 0 Å². The number of aryl methyl sites for hydroxylation is 1. The van der Waals surface area contributed by atoms with E-state index in [4.69, 9.17) is 4.74 Å². The molecule has 162 valence electrons. The number of benzene rings is 2. The van der Waals surface area contributed by atoms with Crippen LogP contribution in [0.3, 0.4) is 0 Å². The van der Waals surface area contributed by atoms with Gasteiger partial charge in [-0.25, -0.2) is 4.79 Å². The Morgan fingerprint density at radius 1 is 1.07 bits per heavy atom. The first-order valence-electron chi connectivity index (χ1n) is 9.89. The van der Waals surface area contributed by atoms with Gasteiger partial charge in [-0.2, -0.15) is 13.2 Å². The summed E-state index contributed by atoms with van der Waals surface area (Å²) in [5.74, 6) is 0. The van der Waals surface area contributed by atoms with E-state index in [1.54, 1.807) is 23.1 Å². The molecule has 7 heteroatoms. The molecule has 4 nitrogen and oxygen atoms in total. The summed E-state index contributed by atoms with van der Waals surface area (Å²) in [6.07, 6.45) is -5.70. The van der Waals surface area contributed by atoms with Crippen LogP contribution >= 0.6 is 0 Å². The maximum atomic E-state index is 13.6. The molecule has 1 N–H and O–H groups in total. The lowest BCUT2D eigenvalue weighted by Crippen LogP contribution is -2.60. The number of nitrogens with one attached hydrogen (secondary N) is 1. The third-order valence-corrected chi connectivity index (χ3v) is 4.87. The minimum absolute atomic E-state index is 0.0754. The Labute approximate surface area is 175 Å². The predicted octanol–water partition coefficient (Wildman–Crippen LogP) is 5.31. The number of ether oxygens (including phenoxy) is 1. The van der Waals surface area contributed by atoms with E-state index in [1.165, 1.54) is 12.1 Å². The Morgan fingerprint density at radius 2 is 1.67 bits per heavy atom. The van der Waals surface area contributed by atoms with E-state index in [-0.39, 0.29) is 23.2 Å². The zero-order valence-electron chi connectivity index (χ0n) is 17.6. The lowest BCUT2D eigenvalue weighted by atomic mass is 9.95. The largest absolute Gasteiger partial charge is 0.416 e. The fourth-order valence-corrected chi connectivity index (χ4v) is 3.34. The highest BCUT2D eigenvalue weighted by Crippen LogP contribution is 2.39. The van der Waals surface area contributed by atoms with Crippen molar-refractivity contribution < 1.29 is 22.7 Å². The van der Waals surface area contributed by atoms with Crippen LogP contribution in [0.25, 0.3) is 0 Å². The Bertz CT molecular complexity index is 883. The lowest BCUT2D eigenvalue weighted by Gasteiger charge is -2.42. The van der Waals surface area contributed by atoms with Crippen molar-refractivity contribution >= 4 is 6.03 Å². The summed E-state index contributed by atoms with van der Waals surface area (Å²) in [6.45, 7) is 8.25. The van der Waals surface area contributed by atoms with Crippen molar-refractivity contribution in [2.75, 3.05) is 13.1 Å². The number of nitrogens with zero attached hydrogens (tertiary/aromatic N) is 1. The summed E-state index contributed by atoms with van der Waals surface area (Å²) in [7, 11) is 0. The monoisotopic (exact) mass is 420 g/mol. The van der Waals surface area contributed by atoms with Gasteiger partial charge in [0, 0.05) is 5.54 Å². The number of halogens is 3. The molecule has 1 heterocycles. The van der Waals surface area contributed by atoms with Gasteiger partial charge in [-0.3, -0.25) is 0 Å². The van der Waals surface area contributed by atoms with Crippen molar-refractivity contribution in [3.63, 3.8) is 0 Å². The predicted molar refractivity (Wildman–Crippen MR) is 109 cm³/mol. The van der Waals surface area contributed by atoms with Crippen LogP contribution in [-0.2, 0) is 10.9 Å². The number of carbonyl (C=O) groups is 1. The first kappa shape index (κ1) is 22.2. The average molecular weight is 420 g/mol. The van der Waals surface area contributed by atoms with Gasteiger partial charge in [0.1, 0.15) is 6.10 Å². The molecule has 2 amide bonds. The lowest BCUT2D eigenvalue weighted by molar-refractivity contribution is -0.140. The van der Waals surface area contributed by atoms with Gasteiger partial charge < -0.3 is 15.0 Å². The van der Waals surface area contributed by atoms with E-state index in [0.29, 0.717) is 18.7 Å². The van der Waals surface area contributed by atoms with E-state index in [0.717, 1.165) is 11.6 Å². The van der Waals surface area contributed by atoms with Gasteiger partial charge >= 0.3 is 12.2 Å². The summed E-state index contributed by atoms with van der Waals surface area (Å²) < 4.78 is 47.0. The molecule has 1 fully saturated rings. The maximum absolute atomic E-state index is 13.6. The topological polar surface area (TPSA) is 41.6 Å². The van der Waals surface area contributed by atoms with Crippen molar-refractivity contribution in [3.05, 3.63) is 70.8 Å². The number of hydrogen-bond donors (Lipinski definition) is 1. The minimum atomic E-state index is -4.48. The van der Waals surface area contributed by atoms with Gasteiger partial charge in [0.2, 0.25) is 0 Å². The van der Waals surface area contributed by atoms with Crippen molar-refractivity contribution in [1.29, 1.82) is 0 Å². The normalized spacial score (nSPS) is 16.2. The highest BCUT2D eigenvalue weighted by atomic mass is 19.4. The molecule has 1 aliphatic rings. The van der Waals surface area contributed by atoms with Crippen molar-refractivity contribution in [2.24, 2.45) is 0 Å². The second-order valence-corrected chi connectivity index (χ2v) is 8.72. The van der Waals surface area contributed by atoms with Gasteiger partial charge in [-0.15, -0.1) is 0 Å². The summed E-state index contributed by atoms with van der Waals surface area (Å²) in [6, 6.07) is 12.6. The number of hydrogen-bond acceptors (Lipinski definition) is 2. The number of rotatable bonds is 4. The van der Waals surface area contributed by atoms with Crippen LogP contribution in [0.5, 0.6) is 0 Å². The second kappa shape index (κ2) is 8.30. The Balaban J connectivity index is 1.82. The van der Waals surface area contributed by atoms with Crippen LogP contribution in [0.15, 0.2) is 48.5 Å². The molecule has 0 radical (unpaired) electrons. The van der Waals surface area contributed by atoms with E-state index in [9.17, 15) is 18.0 Å². The van der Waals surface area contributed by atoms with Crippen LogP contribution < -0.4 is 5.32 Å². The highest BCUT2D eigenvalue weighted by molar-refractivity contribution is 5.75. The van der Waals surface area contributed by atoms with Gasteiger partial charge in [-0.1, -0.05) is 48.0 Å². The molecule has 0 spiro atoms. The number of likely N-dealkylation sites (tertiary alicyclic amines) is 1. The van der Waals surface area contributed by atoms with E-state index in [2.05, 4.69) is 5.32 Å². The third kappa shape index (κ3) is 5.33. The smallest absolute Gasteiger partial charge is 0.362 e. The van der Waals surface area contributed by atoms with Crippen LogP contribution in [0.1, 0.15) is 49.1 Å². The number of amides is 2. The van der Waals surface area contributed by atoms with E-state index < -0.39 is 17.8 Å². The van der Waals surface area contributed by atoms with Gasteiger partial charge in [0.05, 0.1) is 24.8 Å². The van der Waals surface area contributed by atoms with Gasteiger partial charge in [0.15, 0.2) is 0 Å². The first-order valence-corrected chi connectivity index (χ1v) is 9.89. The fourth-order valence-electron chi connectivity index (χ4n) is 3.34. The molecule has 0 aromatic heterocycles. The van der Waals surface area contributed by atoms with Crippen molar-refractivity contribution in [1.82, 2.24) is 10.2 Å². The Kier molecular flexibility index (Phi) is 6.13. The van der Waals surface area contributed by atoms with Crippen molar-refractivity contribution in [2.45, 2.75) is 51.6 Å². The molecule has 30 heavy (non-hydrogen) atoms. The molecule has 1 atom stereocenters. The number of urea groups is 1. The molecule has 1 unspecified atom stereocenters. The quantitative estimate of drug-likeness (QED) is 0.728. The molecule has 1 saturated heterocycles. The van der Waals surface area contributed by atoms with Crippen LogP contribution in [0, 0.1) is 6.92 Å². The average Bonchev–Trinajstić information content (AvgIpc) is 2.59. The number of alkyl halides is 3. The first-order chi connectivity index (χ1) is 13.9. The molecule has 2 aromatic rings. The third-order valence-electron chi connectivity index (χ3n) is 4.87. The van der Waals surface area contributed by atoms with Crippen LogP contribution in [0.2, 0.25) is 0 Å². The van der Waals surface area contributed by atoms with Crippen molar-refractivity contribution in [3.8, 4) is 0 Å². The summed E-state index contributed by atoms with van der Waals surface area (Å²) in [4.78, 5) is 13.8. The number of carbonyl (C=O) groups excluding carboxylic acids is 1. The van der Waals surface area contributed by atoms with Crippen LogP contribution in [-0.4, -0.2) is 35.7 Å². The molecular formula is C23H27F3N2O2. The zero-order valence-corrected chi connectivity index (χ0v) is 17.6. The molecule has 0 bridgehead atoms. The molecule has 0 aliphatic carbocycles. The summed E-state index contributed by atoms with van der Waals surface area (Å²) >= 11 is 0. The zero-order chi connectivity index (χ0) is 22.1. The summed E-state index contributed by atoms with van der Waals surface area (Å²) in [5, 5.41) is 2.88. The standard InChI is InChI=1S/C23H27F3N2O2/c1-15-9-11-16(12-10-15)20(18-7-5-6-8-19(18)23(24,25)26)30-17-13-28(14-17)21(29)27-22(2,3)4/h5-12,17,20H,13-14H2,1-4H3,(H,27,29). The molecule has 1 aliphatic heterocycles. The molecular weight excluding hydrogens is 393 g/mol. The molecule has 0 saturated carbocycles. The Hall–Kier alpha value is -2.54. The van der Waals surface area contributed by atoms with Gasteiger partial charge in [-0.05, 0) is 44.9 Å². The highest BCUT2D eigenvalue weighted by Gasteiger charge is 2.39. The van der Waals surface area contributed by atoms with Crippen LogP contribution in [0.4, 0.5) is 18.0 Å². The maximum Gasteiger partial charge on any atom is 0.416 e. The van der Waals surface area contributed by atoms with E-state index in [1.807, 2.05) is 39.8 Å². The Morgan fingerprint density at radius 3 is 2.23 bits per heavy atom. The second-order valence-electron chi connectivity index (χ2n) is 8.72. The molecule has 3 rings (SSSR count). The van der Waals surface area contributed by atoms with Gasteiger partial charge in [0.25, 0.3) is 0 Å². The molecule has 2 aromatic carbocycles. The SMILES string of the molecule is Cc1ccc(C(OC2CN(C(=O)NC(C)(C)C)C2)c2ccccc2C(F)(F)F)cc1. The summed E-state index contributed by atoms with van der Waals surface area (Å²) in [5.41, 5.74) is 0.660.